The second-order valence-corrected chi connectivity index (χ2v) is 7.16. The Hall–Kier alpha value is -3.20. The van der Waals surface area contributed by atoms with Gasteiger partial charge in [-0.3, -0.25) is 9.78 Å². The first-order valence-corrected chi connectivity index (χ1v) is 10.4. The number of alkyl halides is 5. The van der Waals surface area contributed by atoms with Crippen molar-refractivity contribution >= 4 is 23.1 Å². The van der Waals surface area contributed by atoms with Crippen molar-refractivity contribution in [1.29, 1.82) is 0 Å². The predicted molar refractivity (Wildman–Crippen MR) is 125 cm³/mol. The number of nitrogens with two attached hydrogens (primary N) is 1. The minimum atomic E-state index is -3.67. The van der Waals surface area contributed by atoms with Crippen LogP contribution >= 0.6 is 11.6 Å². The number of benzene rings is 1. The van der Waals surface area contributed by atoms with E-state index in [0.717, 1.165) is 0 Å². The number of aromatic nitrogens is 1. The Morgan fingerprint density at radius 3 is 2.32 bits per heavy atom. The van der Waals surface area contributed by atoms with Gasteiger partial charge in [0.05, 0.1) is 22.0 Å². The smallest absolute Gasteiger partial charge is 0.379 e. The third-order valence-corrected chi connectivity index (χ3v) is 4.66. The average Bonchev–Trinajstić information content (AvgIpc) is 2.79. The van der Waals surface area contributed by atoms with Gasteiger partial charge in [0.1, 0.15) is 0 Å². The fourth-order valence-corrected chi connectivity index (χ4v) is 2.98. The molecule has 10 heteroatoms. The molecule has 0 bridgehead atoms. The highest BCUT2D eigenvalue weighted by molar-refractivity contribution is 6.35. The van der Waals surface area contributed by atoms with Crippen LogP contribution in [0.2, 0.25) is 5.02 Å². The third-order valence-electron chi connectivity index (χ3n) is 4.33. The van der Waals surface area contributed by atoms with Crippen molar-refractivity contribution in [3.8, 4) is 0 Å². The van der Waals surface area contributed by atoms with E-state index in [4.69, 9.17) is 17.3 Å². The largest absolute Gasteiger partial charge is 0.396 e. The summed E-state index contributed by atoms with van der Waals surface area (Å²) in [5.41, 5.74) is 8.88. The van der Waals surface area contributed by atoms with E-state index < -0.39 is 13.1 Å². The maximum Gasteiger partial charge on any atom is 0.379 e. The van der Waals surface area contributed by atoms with Gasteiger partial charge < -0.3 is 11.1 Å². The Labute approximate surface area is 200 Å². The summed E-state index contributed by atoms with van der Waals surface area (Å²) in [5.74, 6) is -0.286. The highest BCUT2D eigenvalue weighted by Gasteiger charge is 2.19. The second kappa shape index (κ2) is 14.8. The van der Waals surface area contributed by atoms with Crippen LogP contribution in [0.4, 0.5) is 22.0 Å². The summed E-state index contributed by atoms with van der Waals surface area (Å²) in [7, 11) is 0. The number of carbonyl (C=O) groups is 1. The van der Waals surface area contributed by atoms with Gasteiger partial charge in [-0.15, -0.1) is 0 Å². The Morgan fingerprint density at radius 2 is 1.74 bits per heavy atom. The van der Waals surface area contributed by atoms with Crippen LogP contribution in [0.25, 0.3) is 5.70 Å². The van der Waals surface area contributed by atoms with Crippen molar-refractivity contribution < 1.29 is 26.7 Å². The van der Waals surface area contributed by atoms with Gasteiger partial charge in [0, 0.05) is 30.4 Å². The molecule has 1 aromatic heterocycles. The van der Waals surface area contributed by atoms with E-state index in [1.54, 1.807) is 61.7 Å². The molecule has 0 aliphatic rings. The van der Waals surface area contributed by atoms with Gasteiger partial charge >= 0.3 is 6.68 Å². The SMILES string of the molecule is C/C=C\C(=C/CC(F)F)CN/C(C)=C(\N)c1ncccc1C(=O)c1ccccc1Cl.FC(F)F. The summed E-state index contributed by atoms with van der Waals surface area (Å²) in [6.07, 6.45) is 3.84. The van der Waals surface area contributed by atoms with Gasteiger partial charge in [0.25, 0.3) is 0 Å². The fraction of sp³-hybridized carbons (Fsp3) is 0.250. The van der Waals surface area contributed by atoms with Crippen LogP contribution in [0, 0.1) is 0 Å². The monoisotopic (exact) mass is 501 g/mol. The van der Waals surface area contributed by atoms with Crippen LogP contribution in [0.3, 0.4) is 0 Å². The van der Waals surface area contributed by atoms with Crippen molar-refractivity contribution in [2.24, 2.45) is 5.73 Å². The molecule has 0 fully saturated rings. The van der Waals surface area contributed by atoms with Crippen LogP contribution in [0.15, 0.2) is 72.1 Å². The summed E-state index contributed by atoms with van der Waals surface area (Å²) in [5, 5.41) is 3.46. The number of halogens is 6. The number of ketones is 1. The van der Waals surface area contributed by atoms with Gasteiger partial charge in [-0.05, 0) is 43.7 Å². The van der Waals surface area contributed by atoms with Crippen molar-refractivity contribution in [2.45, 2.75) is 33.4 Å². The summed E-state index contributed by atoms with van der Waals surface area (Å²) >= 11 is 6.17. The summed E-state index contributed by atoms with van der Waals surface area (Å²) < 4.78 is 54.0. The van der Waals surface area contributed by atoms with Crippen LogP contribution in [0.1, 0.15) is 41.9 Å². The lowest BCUT2D eigenvalue weighted by Gasteiger charge is -2.14. The molecule has 0 unspecified atom stereocenters. The first-order valence-electron chi connectivity index (χ1n) is 10.0. The first kappa shape index (κ1) is 28.8. The van der Waals surface area contributed by atoms with Crippen LogP contribution in [-0.4, -0.2) is 30.4 Å². The molecule has 184 valence electrons. The number of carbonyl (C=O) groups excluding carboxylic acids is 1. The van der Waals surface area contributed by atoms with Gasteiger partial charge in [0.15, 0.2) is 5.78 Å². The number of allylic oxidation sites excluding steroid dienone is 3. The van der Waals surface area contributed by atoms with E-state index >= 15 is 0 Å². The lowest BCUT2D eigenvalue weighted by Crippen LogP contribution is -2.20. The van der Waals surface area contributed by atoms with Crippen LogP contribution in [-0.2, 0) is 0 Å². The molecule has 0 saturated heterocycles. The number of rotatable bonds is 9. The predicted octanol–water partition coefficient (Wildman–Crippen LogP) is 6.54. The zero-order valence-electron chi connectivity index (χ0n) is 18.5. The maximum absolute atomic E-state index is 13.0. The van der Waals surface area contributed by atoms with Gasteiger partial charge in [-0.1, -0.05) is 42.0 Å². The molecular weight excluding hydrogens is 477 g/mol. The van der Waals surface area contributed by atoms with E-state index in [9.17, 15) is 26.7 Å². The zero-order chi connectivity index (χ0) is 25.7. The molecule has 1 heterocycles. The Balaban J connectivity index is 0.00000133. The van der Waals surface area contributed by atoms with Crippen molar-refractivity contribution in [1.82, 2.24) is 10.3 Å². The molecule has 3 N–H and O–H groups in total. The molecule has 0 aliphatic heterocycles. The normalized spacial score (nSPS) is 12.5. The topological polar surface area (TPSA) is 68.0 Å². The fourth-order valence-electron chi connectivity index (χ4n) is 2.75. The number of hydrogen-bond donors (Lipinski definition) is 2. The third kappa shape index (κ3) is 9.74. The standard InChI is InChI=1S/C23H24ClF2N3O.CHF3/c1-3-7-16(11-12-20(25)26)14-29-15(2)21(27)22-18(9-6-13-28-22)23(30)17-8-4-5-10-19(17)24;2-1(3)4/h3-11,13,20,29H,12,14,27H2,1-2H3;1H/b7-3-,16-11+,21-15-;. The van der Waals surface area contributed by atoms with Crippen molar-refractivity contribution in [3.63, 3.8) is 0 Å². The molecule has 2 rings (SSSR count). The highest BCUT2D eigenvalue weighted by Crippen LogP contribution is 2.23. The lowest BCUT2D eigenvalue weighted by molar-refractivity contribution is 0.00818. The van der Waals surface area contributed by atoms with Crippen LogP contribution < -0.4 is 11.1 Å². The van der Waals surface area contributed by atoms with Gasteiger partial charge in [-0.25, -0.2) is 8.78 Å². The van der Waals surface area contributed by atoms with E-state index in [1.807, 2.05) is 6.92 Å². The molecule has 0 radical (unpaired) electrons. The minimum Gasteiger partial charge on any atom is -0.396 e. The quantitative estimate of drug-likeness (QED) is 0.232. The maximum atomic E-state index is 13.0. The molecule has 0 amide bonds. The first-order chi connectivity index (χ1) is 16.1. The van der Waals surface area contributed by atoms with Crippen molar-refractivity contribution in [2.75, 3.05) is 6.54 Å². The highest BCUT2D eigenvalue weighted by atomic mass is 35.5. The molecule has 34 heavy (non-hydrogen) atoms. The molecule has 0 saturated carbocycles. The molecule has 2 aromatic rings. The zero-order valence-corrected chi connectivity index (χ0v) is 19.3. The number of pyridine rings is 1. The molecule has 0 spiro atoms. The van der Waals surface area contributed by atoms with E-state index in [0.29, 0.717) is 45.4 Å². The van der Waals surface area contributed by atoms with Crippen molar-refractivity contribution in [3.05, 3.63) is 93.9 Å². The minimum absolute atomic E-state index is 0.286. The number of nitrogens with one attached hydrogen (secondary N) is 1. The van der Waals surface area contributed by atoms with Gasteiger partial charge in [0.2, 0.25) is 6.43 Å². The van der Waals surface area contributed by atoms with Gasteiger partial charge in [-0.2, -0.15) is 13.2 Å². The van der Waals surface area contributed by atoms with E-state index in [-0.39, 0.29) is 12.2 Å². The second-order valence-electron chi connectivity index (χ2n) is 6.75. The number of nitrogens with zero attached hydrogens (tertiary/aromatic N) is 1. The number of hydrogen-bond acceptors (Lipinski definition) is 4. The molecule has 4 nitrogen and oxygen atoms in total. The summed E-state index contributed by atoms with van der Waals surface area (Å²) in [6, 6.07) is 10.1. The lowest BCUT2D eigenvalue weighted by atomic mass is 10.00. The molecule has 0 atom stereocenters. The summed E-state index contributed by atoms with van der Waals surface area (Å²) in [4.78, 5) is 17.3. The van der Waals surface area contributed by atoms with E-state index in [2.05, 4.69) is 10.3 Å². The summed E-state index contributed by atoms with van der Waals surface area (Å²) in [6.45, 7) is 0.201. The Kier molecular flexibility index (Phi) is 12.6. The Morgan fingerprint density at radius 1 is 1.12 bits per heavy atom. The Bertz CT molecular complexity index is 1040. The average molecular weight is 502 g/mol. The molecular formula is C24H25ClF5N3O. The molecule has 0 aliphatic carbocycles. The molecule has 1 aromatic carbocycles. The van der Waals surface area contributed by atoms with E-state index in [1.165, 1.54) is 6.08 Å². The van der Waals surface area contributed by atoms with Crippen LogP contribution in [0.5, 0.6) is 0 Å².